The third-order valence-corrected chi connectivity index (χ3v) is 7.84. The van der Waals surface area contributed by atoms with E-state index in [1.807, 2.05) is 0 Å². The minimum absolute atomic E-state index is 0.0816. The summed E-state index contributed by atoms with van der Waals surface area (Å²) in [5.41, 5.74) is -4.41. The van der Waals surface area contributed by atoms with Crippen molar-refractivity contribution in [3.63, 3.8) is 0 Å². The summed E-state index contributed by atoms with van der Waals surface area (Å²) in [6, 6.07) is 3.43. The molecule has 0 amide bonds. The number of benzene rings is 1. The quantitative estimate of drug-likeness (QED) is 0.609. The number of nitriles is 1. The summed E-state index contributed by atoms with van der Waals surface area (Å²) in [7, 11) is -1.19. The predicted molar refractivity (Wildman–Crippen MR) is 109 cm³/mol. The Labute approximate surface area is 187 Å². The molecule has 0 spiro atoms. The monoisotopic (exact) mass is 486 g/mol. The Morgan fingerprint density at radius 2 is 1.85 bits per heavy atom. The summed E-state index contributed by atoms with van der Waals surface area (Å²) in [6.07, 6.45) is -4.72. The van der Waals surface area contributed by atoms with Crippen LogP contribution in [0.25, 0.3) is 5.69 Å². The van der Waals surface area contributed by atoms with Gasteiger partial charge in [0.25, 0.3) is 10.2 Å². The van der Waals surface area contributed by atoms with Crippen LogP contribution in [0.5, 0.6) is 11.8 Å². The molecule has 2 aliphatic rings. The number of aromatic hydroxyl groups is 2. The van der Waals surface area contributed by atoms with Gasteiger partial charge in [0.2, 0.25) is 11.8 Å². The van der Waals surface area contributed by atoms with Gasteiger partial charge in [-0.3, -0.25) is 4.57 Å². The summed E-state index contributed by atoms with van der Waals surface area (Å²) in [6.45, 7) is 3.14. The highest BCUT2D eigenvalue weighted by Gasteiger charge is 2.65. The van der Waals surface area contributed by atoms with Gasteiger partial charge in [0.1, 0.15) is 5.60 Å². The Morgan fingerprint density at radius 3 is 2.39 bits per heavy atom. The molecule has 0 aliphatic carbocycles. The number of alkyl halides is 3. The van der Waals surface area contributed by atoms with Crippen LogP contribution in [0.1, 0.15) is 42.5 Å². The summed E-state index contributed by atoms with van der Waals surface area (Å²) in [4.78, 5) is 0. The average molecular weight is 486 g/mol. The summed E-state index contributed by atoms with van der Waals surface area (Å²) >= 11 is 0. The van der Waals surface area contributed by atoms with E-state index >= 15 is 0 Å². The maximum absolute atomic E-state index is 13.4. The molecule has 4 rings (SSSR count). The summed E-state index contributed by atoms with van der Waals surface area (Å²) in [5, 5.41) is 31.0. The average Bonchev–Trinajstić information content (AvgIpc) is 3.21. The standard InChI is InChI=1S/C20H21F3N4O5S/c1-18-8-13(25-33(30,31)26(3)4)19(2,32-18)15-14(18)16(28)27(17(15)29)11-6-5-10(9-24)12(7-11)20(21,22)23/h5-7,13,25,28-29H,8H2,1-4H3/t13-,18?,19?/m1/s1. The van der Waals surface area contributed by atoms with Crippen molar-refractivity contribution in [2.75, 3.05) is 14.1 Å². The first-order valence-electron chi connectivity index (χ1n) is 9.76. The Bertz CT molecular complexity index is 1310. The van der Waals surface area contributed by atoms with Crippen LogP contribution in [0.2, 0.25) is 0 Å². The molecule has 1 saturated heterocycles. The molecule has 3 atom stereocenters. The van der Waals surface area contributed by atoms with Crippen molar-refractivity contribution in [2.24, 2.45) is 0 Å². The minimum Gasteiger partial charge on any atom is -0.494 e. The lowest BCUT2D eigenvalue weighted by Gasteiger charge is -2.31. The first-order valence-corrected chi connectivity index (χ1v) is 11.2. The van der Waals surface area contributed by atoms with Crippen LogP contribution >= 0.6 is 0 Å². The van der Waals surface area contributed by atoms with Crippen LogP contribution in [-0.4, -0.2) is 47.6 Å². The van der Waals surface area contributed by atoms with Crippen LogP contribution in [0.4, 0.5) is 13.2 Å². The molecular formula is C20H21F3N4O5S. The number of hydrogen-bond acceptors (Lipinski definition) is 6. The Morgan fingerprint density at radius 1 is 1.24 bits per heavy atom. The largest absolute Gasteiger partial charge is 0.494 e. The second-order valence-electron chi connectivity index (χ2n) is 8.67. The van der Waals surface area contributed by atoms with E-state index in [1.54, 1.807) is 6.92 Å². The van der Waals surface area contributed by atoms with Crippen molar-refractivity contribution in [1.82, 2.24) is 13.6 Å². The number of fused-ring (bicyclic) bond motifs is 5. The second kappa shape index (κ2) is 6.86. The van der Waals surface area contributed by atoms with Crippen LogP contribution in [0.3, 0.4) is 0 Å². The molecule has 3 heterocycles. The van der Waals surface area contributed by atoms with E-state index < -0.39 is 56.5 Å². The number of hydrogen-bond donors (Lipinski definition) is 3. The first-order chi connectivity index (χ1) is 15.1. The fraction of sp³-hybridized carbons (Fsp3) is 0.450. The minimum atomic E-state index is -4.84. The van der Waals surface area contributed by atoms with E-state index in [-0.39, 0.29) is 23.2 Å². The van der Waals surface area contributed by atoms with Crippen LogP contribution < -0.4 is 4.72 Å². The van der Waals surface area contributed by atoms with Crippen molar-refractivity contribution in [2.45, 2.75) is 43.7 Å². The van der Waals surface area contributed by atoms with Crippen molar-refractivity contribution >= 4 is 10.2 Å². The molecule has 178 valence electrons. The molecule has 2 bridgehead atoms. The van der Waals surface area contributed by atoms with E-state index in [1.165, 1.54) is 33.2 Å². The van der Waals surface area contributed by atoms with Crippen molar-refractivity contribution in [3.8, 4) is 23.5 Å². The van der Waals surface area contributed by atoms with Gasteiger partial charge in [-0.05, 0) is 32.0 Å². The van der Waals surface area contributed by atoms with Gasteiger partial charge in [-0.2, -0.15) is 35.9 Å². The molecule has 1 aromatic carbocycles. The van der Waals surface area contributed by atoms with Gasteiger partial charge in [0, 0.05) is 20.5 Å². The highest BCUT2D eigenvalue weighted by molar-refractivity contribution is 7.87. The van der Waals surface area contributed by atoms with Gasteiger partial charge < -0.3 is 14.9 Å². The van der Waals surface area contributed by atoms with Crippen molar-refractivity contribution < 1.29 is 36.5 Å². The SMILES string of the molecule is CN(C)S(=O)(=O)N[C@@H]1CC2(C)OC1(C)c1c2c(O)n(-c2ccc(C#N)c(C(F)(F)F)c2)c1O. The predicted octanol–water partition coefficient (Wildman–Crippen LogP) is 2.41. The first kappa shape index (κ1) is 23.4. The lowest BCUT2D eigenvalue weighted by molar-refractivity contribution is -0.137. The maximum Gasteiger partial charge on any atom is 0.417 e. The molecule has 1 fully saturated rings. The van der Waals surface area contributed by atoms with Crippen LogP contribution in [0, 0.1) is 11.3 Å². The van der Waals surface area contributed by atoms with Gasteiger partial charge >= 0.3 is 6.18 Å². The molecule has 13 heteroatoms. The molecule has 2 unspecified atom stereocenters. The molecule has 2 aliphatic heterocycles. The van der Waals surface area contributed by atoms with E-state index in [0.29, 0.717) is 6.07 Å². The maximum atomic E-state index is 13.4. The zero-order valence-electron chi connectivity index (χ0n) is 18.0. The number of ether oxygens (including phenoxy) is 1. The fourth-order valence-electron chi connectivity index (χ4n) is 4.75. The van der Waals surface area contributed by atoms with Gasteiger partial charge in [0.05, 0.1) is 45.7 Å². The number of halogens is 3. The molecule has 0 radical (unpaired) electrons. The zero-order chi connectivity index (χ0) is 24.7. The molecule has 3 N–H and O–H groups in total. The van der Waals surface area contributed by atoms with Gasteiger partial charge in [0.15, 0.2) is 0 Å². The summed E-state index contributed by atoms with van der Waals surface area (Å²) < 4.78 is 75.5. The third-order valence-electron chi connectivity index (χ3n) is 6.30. The number of aromatic nitrogens is 1. The van der Waals surface area contributed by atoms with Crippen molar-refractivity contribution in [1.29, 1.82) is 5.26 Å². The second-order valence-corrected chi connectivity index (χ2v) is 10.6. The molecule has 9 nitrogen and oxygen atoms in total. The van der Waals surface area contributed by atoms with Crippen LogP contribution in [-0.2, 0) is 32.3 Å². The topological polar surface area (TPSA) is 128 Å². The van der Waals surface area contributed by atoms with Gasteiger partial charge in [-0.15, -0.1) is 0 Å². The normalized spacial score (nSPS) is 26.6. The van der Waals surface area contributed by atoms with Crippen LogP contribution in [0.15, 0.2) is 18.2 Å². The van der Waals surface area contributed by atoms with E-state index in [0.717, 1.165) is 14.9 Å². The van der Waals surface area contributed by atoms with E-state index in [4.69, 9.17) is 10.00 Å². The molecular weight excluding hydrogens is 465 g/mol. The Kier molecular flexibility index (Phi) is 4.86. The number of nitrogens with zero attached hydrogens (tertiary/aromatic N) is 3. The molecule has 1 aromatic heterocycles. The fourth-order valence-corrected chi connectivity index (χ4v) is 5.63. The number of rotatable bonds is 4. The van der Waals surface area contributed by atoms with E-state index in [2.05, 4.69) is 4.72 Å². The highest BCUT2D eigenvalue weighted by atomic mass is 32.2. The third kappa shape index (κ3) is 3.20. The zero-order valence-corrected chi connectivity index (χ0v) is 18.8. The van der Waals surface area contributed by atoms with Gasteiger partial charge in [-0.1, -0.05) is 0 Å². The Hall–Kier alpha value is -2.79. The van der Waals surface area contributed by atoms with Gasteiger partial charge in [-0.25, -0.2) is 0 Å². The molecule has 2 aromatic rings. The number of nitrogens with one attached hydrogen (secondary N) is 1. The summed E-state index contributed by atoms with van der Waals surface area (Å²) in [5.74, 6) is -1.11. The Balaban J connectivity index is 1.89. The van der Waals surface area contributed by atoms with Crippen molar-refractivity contribution in [3.05, 3.63) is 40.5 Å². The lowest BCUT2D eigenvalue weighted by atomic mass is 9.77. The smallest absolute Gasteiger partial charge is 0.417 e. The molecule has 33 heavy (non-hydrogen) atoms. The molecule has 0 saturated carbocycles. The van der Waals surface area contributed by atoms with E-state index in [9.17, 15) is 31.8 Å². The lowest BCUT2D eigenvalue weighted by Crippen LogP contribution is -2.50. The highest BCUT2D eigenvalue weighted by Crippen LogP contribution is 2.64.